The molecule has 0 aromatic rings. The Balaban J connectivity index is 1.86. The third-order valence-corrected chi connectivity index (χ3v) is 3.72. The average molecular weight is 188 g/mol. The van der Waals surface area contributed by atoms with Crippen molar-refractivity contribution in [2.45, 2.75) is 18.9 Å². The zero-order valence-electron chi connectivity index (χ0n) is 8.30. The Kier molecular flexibility index (Phi) is 2.06. The van der Waals surface area contributed by atoms with Gasteiger partial charge < -0.3 is 4.74 Å². The summed E-state index contributed by atoms with van der Waals surface area (Å²) in [6.45, 7) is 0.917. The molecule has 0 amide bonds. The molecule has 0 radical (unpaired) electrons. The van der Waals surface area contributed by atoms with Crippen molar-refractivity contribution in [3.63, 3.8) is 0 Å². The van der Waals surface area contributed by atoms with E-state index < -0.39 is 0 Å². The van der Waals surface area contributed by atoms with Gasteiger partial charge in [-0.05, 0) is 24.7 Å². The SMILES string of the molecule is C1=CC2CO[C@H]3CC=CC[C@@H]3C2C=C1. The Morgan fingerprint density at radius 3 is 2.86 bits per heavy atom. The fourth-order valence-corrected chi connectivity index (χ4v) is 2.94. The average Bonchev–Trinajstić information content (AvgIpc) is 2.29. The van der Waals surface area contributed by atoms with Crippen LogP contribution in [-0.2, 0) is 4.74 Å². The number of ether oxygens (including phenoxy) is 1. The molecule has 0 N–H and O–H groups in total. The Morgan fingerprint density at radius 1 is 1.00 bits per heavy atom. The van der Waals surface area contributed by atoms with Gasteiger partial charge in [0.15, 0.2) is 0 Å². The van der Waals surface area contributed by atoms with E-state index in [0.717, 1.165) is 24.9 Å². The number of rotatable bonds is 0. The van der Waals surface area contributed by atoms with Crippen molar-refractivity contribution < 1.29 is 4.74 Å². The van der Waals surface area contributed by atoms with Crippen molar-refractivity contribution in [3.05, 3.63) is 36.5 Å². The number of hydrogen-bond donors (Lipinski definition) is 0. The van der Waals surface area contributed by atoms with E-state index in [9.17, 15) is 0 Å². The first-order valence-electron chi connectivity index (χ1n) is 5.57. The zero-order valence-corrected chi connectivity index (χ0v) is 8.30. The third kappa shape index (κ3) is 1.27. The summed E-state index contributed by atoms with van der Waals surface area (Å²) in [6.07, 6.45) is 16.4. The van der Waals surface area contributed by atoms with Crippen molar-refractivity contribution in [1.82, 2.24) is 0 Å². The van der Waals surface area contributed by atoms with Gasteiger partial charge in [-0.15, -0.1) is 0 Å². The van der Waals surface area contributed by atoms with Crippen LogP contribution in [0, 0.1) is 17.8 Å². The van der Waals surface area contributed by atoms with Gasteiger partial charge in [0.2, 0.25) is 0 Å². The van der Waals surface area contributed by atoms with Gasteiger partial charge in [-0.2, -0.15) is 0 Å². The Labute approximate surface area is 85.1 Å². The lowest BCUT2D eigenvalue weighted by molar-refractivity contribution is -0.0677. The second kappa shape index (κ2) is 3.39. The molecule has 3 rings (SSSR count). The largest absolute Gasteiger partial charge is 0.377 e. The van der Waals surface area contributed by atoms with Crippen LogP contribution in [0.5, 0.6) is 0 Å². The normalized spacial score (nSPS) is 44.6. The van der Waals surface area contributed by atoms with E-state index in [-0.39, 0.29) is 0 Å². The van der Waals surface area contributed by atoms with Crippen LogP contribution in [0.1, 0.15) is 12.8 Å². The van der Waals surface area contributed by atoms with Crippen LogP contribution >= 0.6 is 0 Å². The van der Waals surface area contributed by atoms with Gasteiger partial charge in [0.1, 0.15) is 0 Å². The summed E-state index contributed by atoms with van der Waals surface area (Å²) < 4.78 is 5.91. The summed E-state index contributed by atoms with van der Waals surface area (Å²) in [7, 11) is 0. The molecule has 2 aliphatic carbocycles. The van der Waals surface area contributed by atoms with E-state index in [4.69, 9.17) is 4.74 Å². The van der Waals surface area contributed by atoms with Crippen LogP contribution in [0.15, 0.2) is 36.5 Å². The molecule has 3 aliphatic rings. The first-order valence-corrected chi connectivity index (χ1v) is 5.57. The van der Waals surface area contributed by atoms with Gasteiger partial charge in [-0.3, -0.25) is 0 Å². The van der Waals surface area contributed by atoms with Crippen LogP contribution in [0.2, 0.25) is 0 Å². The predicted octanol–water partition coefficient (Wildman–Crippen LogP) is 2.71. The first-order chi connectivity index (χ1) is 6.95. The quantitative estimate of drug-likeness (QED) is 0.531. The van der Waals surface area contributed by atoms with Crippen molar-refractivity contribution in [2.24, 2.45) is 17.8 Å². The monoisotopic (exact) mass is 188 g/mol. The Hall–Kier alpha value is -0.820. The number of allylic oxidation sites excluding steroid dienone is 4. The summed E-state index contributed by atoms with van der Waals surface area (Å²) in [5.74, 6) is 2.08. The van der Waals surface area contributed by atoms with Crippen LogP contribution in [0.3, 0.4) is 0 Å². The Morgan fingerprint density at radius 2 is 1.86 bits per heavy atom. The molecule has 2 unspecified atom stereocenters. The van der Waals surface area contributed by atoms with Gasteiger partial charge in [0, 0.05) is 5.92 Å². The summed E-state index contributed by atoms with van der Waals surface area (Å²) in [6, 6.07) is 0. The van der Waals surface area contributed by atoms with E-state index in [1.54, 1.807) is 0 Å². The maximum Gasteiger partial charge on any atom is 0.0646 e. The van der Waals surface area contributed by atoms with Crippen LogP contribution < -0.4 is 0 Å². The molecule has 1 nitrogen and oxygen atoms in total. The topological polar surface area (TPSA) is 9.23 Å². The lowest BCUT2D eigenvalue weighted by Gasteiger charge is -2.42. The number of hydrogen-bond acceptors (Lipinski definition) is 1. The summed E-state index contributed by atoms with van der Waals surface area (Å²) >= 11 is 0. The molecule has 4 atom stereocenters. The maximum absolute atomic E-state index is 5.91. The van der Waals surface area contributed by atoms with Crippen molar-refractivity contribution in [3.8, 4) is 0 Å². The smallest absolute Gasteiger partial charge is 0.0646 e. The summed E-state index contributed by atoms with van der Waals surface area (Å²) in [4.78, 5) is 0. The molecule has 1 fully saturated rings. The minimum absolute atomic E-state index is 0.484. The second-order valence-electron chi connectivity index (χ2n) is 4.49. The second-order valence-corrected chi connectivity index (χ2v) is 4.49. The van der Waals surface area contributed by atoms with E-state index in [2.05, 4.69) is 36.5 Å². The number of fused-ring (bicyclic) bond motifs is 3. The lowest BCUT2D eigenvalue weighted by atomic mass is 9.71. The molecule has 1 heterocycles. The molecule has 0 bridgehead atoms. The lowest BCUT2D eigenvalue weighted by Crippen LogP contribution is -2.42. The van der Waals surface area contributed by atoms with E-state index >= 15 is 0 Å². The summed E-state index contributed by atoms with van der Waals surface area (Å²) in [5.41, 5.74) is 0. The molecule has 74 valence electrons. The molecular formula is C13H16O. The van der Waals surface area contributed by atoms with Gasteiger partial charge in [-0.1, -0.05) is 36.5 Å². The van der Waals surface area contributed by atoms with E-state index in [0.29, 0.717) is 12.0 Å². The highest BCUT2D eigenvalue weighted by Gasteiger charge is 2.38. The van der Waals surface area contributed by atoms with Gasteiger partial charge in [-0.25, -0.2) is 0 Å². The minimum atomic E-state index is 0.484. The predicted molar refractivity (Wildman–Crippen MR) is 56.9 cm³/mol. The zero-order chi connectivity index (χ0) is 9.38. The molecular weight excluding hydrogens is 172 g/mol. The third-order valence-electron chi connectivity index (χ3n) is 3.72. The fourth-order valence-electron chi connectivity index (χ4n) is 2.94. The highest BCUT2D eigenvalue weighted by molar-refractivity contribution is 5.18. The van der Waals surface area contributed by atoms with E-state index in [1.165, 1.54) is 6.42 Å². The first kappa shape index (κ1) is 8.49. The van der Waals surface area contributed by atoms with Crippen molar-refractivity contribution in [2.75, 3.05) is 6.61 Å². The van der Waals surface area contributed by atoms with Crippen LogP contribution in [0.25, 0.3) is 0 Å². The highest BCUT2D eigenvalue weighted by Crippen LogP contribution is 2.40. The van der Waals surface area contributed by atoms with Gasteiger partial charge >= 0.3 is 0 Å². The van der Waals surface area contributed by atoms with Gasteiger partial charge in [0.25, 0.3) is 0 Å². The van der Waals surface area contributed by atoms with Crippen LogP contribution in [0.4, 0.5) is 0 Å². The molecule has 14 heavy (non-hydrogen) atoms. The van der Waals surface area contributed by atoms with Gasteiger partial charge in [0.05, 0.1) is 12.7 Å². The van der Waals surface area contributed by atoms with Crippen molar-refractivity contribution >= 4 is 0 Å². The minimum Gasteiger partial charge on any atom is -0.377 e. The highest BCUT2D eigenvalue weighted by atomic mass is 16.5. The Bertz CT molecular complexity index is 300. The molecule has 0 saturated carbocycles. The maximum atomic E-state index is 5.91. The molecule has 1 saturated heterocycles. The standard InChI is InChI=1S/C13H16O/c1-2-6-11-10(5-1)9-14-13-8-4-3-7-12(11)13/h1-6,10-13H,7-9H2/t10?,11?,12-,13+/m1/s1. The molecule has 1 aliphatic heterocycles. The molecule has 0 aromatic carbocycles. The van der Waals surface area contributed by atoms with E-state index in [1.807, 2.05) is 0 Å². The summed E-state index contributed by atoms with van der Waals surface area (Å²) in [5, 5.41) is 0. The molecule has 0 spiro atoms. The van der Waals surface area contributed by atoms with Crippen molar-refractivity contribution in [1.29, 1.82) is 0 Å². The molecule has 0 aromatic heterocycles. The molecule has 1 heteroatoms. The fraction of sp³-hybridized carbons (Fsp3) is 0.538. The van der Waals surface area contributed by atoms with Crippen LogP contribution in [-0.4, -0.2) is 12.7 Å².